The molecule has 1 amide bonds. The van der Waals surface area contributed by atoms with E-state index in [1.165, 1.54) is 0 Å². The van der Waals surface area contributed by atoms with Gasteiger partial charge in [0.2, 0.25) is 5.91 Å². The molecule has 6 heteroatoms. The summed E-state index contributed by atoms with van der Waals surface area (Å²) in [5, 5.41) is 4.02. The van der Waals surface area contributed by atoms with Crippen LogP contribution in [-0.2, 0) is 11.3 Å². The number of carbonyl (C=O) groups is 2. The Bertz CT molecular complexity index is 1100. The van der Waals surface area contributed by atoms with Gasteiger partial charge in [-0.15, -0.1) is 0 Å². The molecule has 0 aliphatic carbocycles. The van der Waals surface area contributed by atoms with E-state index in [0.29, 0.717) is 25.2 Å². The van der Waals surface area contributed by atoms with Gasteiger partial charge in [-0.2, -0.15) is 0 Å². The van der Waals surface area contributed by atoms with Gasteiger partial charge in [0.25, 0.3) is 0 Å². The normalized spacial score (nSPS) is 14.1. The topological polar surface area (TPSA) is 69.6 Å². The second-order valence-electron chi connectivity index (χ2n) is 7.75. The number of carbonyl (C=O) groups excluding carboxylic acids is 2. The second kappa shape index (κ2) is 9.25. The molecule has 31 heavy (non-hydrogen) atoms. The fourth-order valence-corrected chi connectivity index (χ4v) is 4.00. The highest BCUT2D eigenvalue weighted by Crippen LogP contribution is 2.33. The lowest BCUT2D eigenvalue weighted by atomic mass is 10.0. The number of rotatable bonds is 7. The predicted molar refractivity (Wildman–Crippen MR) is 120 cm³/mol. The Kier molecular flexibility index (Phi) is 6.26. The molecule has 0 bridgehead atoms. The lowest BCUT2D eigenvalue weighted by Gasteiger charge is -2.19. The van der Waals surface area contributed by atoms with E-state index in [0.717, 1.165) is 40.8 Å². The summed E-state index contributed by atoms with van der Waals surface area (Å²) in [6.45, 7) is 5.31. The van der Waals surface area contributed by atoms with Crippen LogP contribution >= 0.6 is 0 Å². The van der Waals surface area contributed by atoms with Gasteiger partial charge in [-0.1, -0.05) is 38.1 Å². The number of ether oxygens (including phenoxy) is 2. The highest BCUT2D eigenvalue weighted by molar-refractivity contribution is 6.08. The number of amides is 1. The number of fused-ring (bicyclic) bond motifs is 2. The molecule has 4 rings (SSSR count). The van der Waals surface area contributed by atoms with Gasteiger partial charge in [0.1, 0.15) is 6.54 Å². The minimum absolute atomic E-state index is 0.0778. The number of para-hydroxylation sites is 1. The van der Waals surface area contributed by atoms with E-state index in [1.54, 1.807) is 6.20 Å². The summed E-state index contributed by atoms with van der Waals surface area (Å²) < 4.78 is 13.4. The smallest absolute Gasteiger partial charge is 0.240 e. The van der Waals surface area contributed by atoms with Crippen LogP contribution in [0.5, 0.6) is 11.5 Å². The minimum Gasteiger partial charge on any atom is -0.490 e. The van der Waals surface area contributed by atoms with Gasteiger partial charge in [-0.3, -0.25) is 9.59 Å². The number of aromatic nitrogens is 1. The van der Waals surface area contributed by atoms with Crippen molar-refractivity contribution in [2.75, 3.05) is 13.2 Å². The molecule has 162 valence electrons. The first kappa shape index (κ1) is 21.0. The van der Waals surface area contributed by atoms with Gasteiger partial charge in [0.05, 0.1) is 19.3 Å². The van der Waals surface area contributed by atoms with Crippen molar-refractivity contribution in [2.24, 2.45) is 0 Å². The molecule has 3 aromatic rings. The molecule has 1 atom stereocenters. The largest absolute Gasteiger partial charge is 0.490 e. The standard InChI is InChI=1S/C25H28N2O4/c1-3-20(17-10-11-23-24(14-17)31-13-7-12-30-23)26-25(29)16-27-15-19(22(28)4-2)18-8-5-6-9-21(18)27/h5-6,8-11,14-15,20H,3-4,7,12-13,16H2,1-2H3,(H,26,29)/t20-/m0/s1. The zero-order chi connectivity index (χ0) is 21.8. The van der Waals surface area contributed by atoms with Gasteiger partial charge in [0, 0.05) is 35.5 Å². The fourth-order valence-electron chi connectivity index (χ4n) is 4.00. The van der Waals surface area contributed by atoms with Crippen LogP contribution in [-0.4, -0.2) is 29.5 Å². The van der Waals surface area contributed by atoms with Crippen LogP contribution in [0.1, 0.15) is 55.1 Å². The maximum absolute atomic E-state index is 12.9. The Hall–Kier alpha value is -3.28. The maximum atomic E-state index is 12.9. The van der Waals surface area contributed by atoms with Crippen molar-refractivity contribution in [3.8, 4) is 11.5 Å². The summed E-state index contributed by atoms with van der Waals surface area (Å²) in [6, 6.07) is 13.4. The predicted octanol–water partition coefficient (Wildman–Crippen LogP) is 4.66. The number of ketones is 1. The van der Waals surface area contributed by atoms with Crippen molar-refractivity contribution in [3.63, 3.8) is 0 Å². The van der Waals surface area contributed by atoms with Crippen molar-refractivity contribution >= 4 is 22.6 Å². The molecule has 2 aromatic carbocycles. The molecule has 0 unspecified atom stereocenters. The molecule has 0 fully saturated rings. The molecule has 2 heterocycles. The van der Waals surface area contributed by atoms with Crippen molar-refractivity contribution < 1.29 is 19.1 Å². The minimum atomic E-state index is -0.136. The van der Waals surface area contributed by atoms with E-state index in [2.05, 4.69) is 5.32 Å². The van der Waals surface area contributed by atoms with Crippen molar-refractivity contribution in [2.45, 2.75) is 45.7 Å². The molecule has 1 N–H and O–H groups in total. The van der Waals surface area contributed by atoms with E-state index < -0.39 is 0 Å². The first-order chi connectivity index (χ1) is 15.1. The monoisotopic (exact) mass is 420 g/mol. The third kappa shape index (κ3) is 4.43. The molecule has 1 aliphatic heterocycles. The number of nitrogens with one attached hydrogen (secondary N) is 1. The number of benzene rings is 2. The molecular formula is C25H28N2O4. The van der Waals surface area contributed by atoms with Crippen molar-refractivity contribution in [1.82, 2.24) is 9.88 Å². The summed E-state index contributed by atoms with van der Waals surface area (Å²) in [5.74, 6) is 1.44. The molecule has 6 nitrogen and oxygen atoms in total. The molecule has 0 radical (unpaired) electrons. The van der Waals surface area contributed by atoms with Crippen LogP contribution in [0.3, 0.4) is 0 Å². The first-order valence-electron chi connectivity index (χ1n) is 10.9. The van der Waals surface area contributed by atoms with Crippen molar-refractivity contribution in [3.05, 3.63) is 59.8 Å². The average Bonchev–Trinajstić information content (AvgIpc) is 2.98. The third-order valence-corrected chi connectivity index (χ3v) is 5.64. The summed E-state index contributed by atoms with van der Waals surface area (Å²) in [7, 11) is 0. The lowest BCUT2D eigenvalue weighted by Crippen LogP contribution is -2.31. The van der Waals surface area contributed by atoms with Gasteiger partial charge >= 0.3 is 0 Å². The fraction of sp³-hybridized carbons (Fsp3) is 0.360. The molecule has 0 saturated heterocycles. The third-order valence-electron chi connectivity index (χ3n) is 5.64. The highest BCUT2D eigenvalue weighted by atomic mass is 16.5. The zero-order valence-corrected chi connectivity index (χ0v) is 18.0. The van der Waals surface area contributed by atoms with Crippen molar-refractivity contribution in [1.29, 1.82) is 0 Å². The molecule has 0 saturated carbocycles. The number of hydrogen-bond acceptors (Lipinski definition) is 4. The quantitative estimate of drug-likeness (QED) is 0.564. The number of Topliss-reactive ketones (excluding diaryl/α,β-unsaturated/α-hetero) is 1. The Morgan fingerprint density at radius 3 is 2.61 bits per heavy atom. The molecule has 1 aromatic heterocycles. The van der Waals surface area contributed by atoms with Crippen LogP contribution in [0, 0.1) is 0 Å². The Morgan fingerprint density at radius 2 is 1.84 bits per heavy atom. The van der Waals surface area contributed by atoms with Crippen LogP contribution in [0.25, 0.3) is 10.9 Å². The van der Waals surface area contributed by atoms with E-state index in [1.807, 2.05) is 60.9 Å². The van der Waals surface area contributed by atoms with Crippen LogP contribution in [0.15, 0.2) is 48.7 Å². The maximum Gasteiger partial charge on any atom is 0.240 e. The van der Waals surface area contributed by atoms with Crippen LogP contribution < -0.4 is 14.8 Å². The van der Waals surface area contributed by atoms with Gasteiger partial charge in [-0.25, -0.2) is 0 Å². The van der Waals surface area contributed by atoms with Gasteiger partial charge in [0.15, 0.2) is 17.3 Å². The van der Waals surface area contributed by atoms with E-state index in [4.69, 9.17) is 9.47 Å². The molecule has 0 spiro atoms. The highest BCUT2D eigenvalue weighted by Gasteiger charge is 2.19. The number of nitrogens with zero attached hydrogens (tertiary/aromatic N) is 1. The molecular weight excluding hydrogens is 392 g/mol. The SMILES string of the molecule is CCC(=O)c1cn(CC(=O)N[C@@H](CC)c2ccc3c(c2)OCCCO3)c2ccccc12. The zero-order valence-electron chi connectivity index (χ0n) is 18.0. The second-order valence-corrected chi connectivity index (χ2v) is 7.75. The Labute approximate surface area is 182 Å². The average molecular weight is 421 g/mol. The van der Waals surface area contributed by atoms with E-state index >= 15 is 0 Å². The summed E-state index contributed by atoms with van der Waals surface area (Å²) in [5.41, 5.74) is 2.54. The summed E-state index contributed by atoms with van der Waals surface area (Å²) in [4.78, 5) is 25.3. The van der Waals surface area contributed by atoms with Gasteiger partial charge in [-0.05, 0) is 30.2 Å². The number of hydrogen-bond donors (Lipinski definition) is 1. The van der Waals surface area contributed by atoms with Gasteiger partial charge < -0.3 is 19.4 Å². The van der Waals surface area contributed by atoms with E-state index in [9.17, 15) is 9.59 Å². The molecule has 1 aliphatic rings. The lowest BCUT2D eigenvalue weighted by molar-refractivity contribution is -0.122. The van der Waals surface area contributed by atoms with Crippen LogP contribution in [0.2, 0.25) is 0 Å². The Morgan fingerprint density at radius 1 is 1.06 bits per heavy atom. The van der Waals surface area contributed by atoms with Crippen LogP contribution in [0.4, 0.5) is 0 Å². The summed E-state index contributed by atoms with van der Waals surface area (Å²) in [6.07, 6.45) is 3.83. The Balaban J connectivity index is 1.53. The first-order valence-corrected chi connectivity index (χ1v) is 10.9. The summed E-state index contributed by atoms with van der Waals surface area (Å²) >= 11 is 0. The van der Waals surface area contributed by atoms with E-state index in [-0.39, 0.29) is 24.3 Å².